The molecule has 0 atom stereocenters. The number of hydrogen-bond donors (Lipinski definition) is 1. The Morgan fingerprint density at radius 2 is 2.21 bits per heavy atom. The van der Waals surface area contributed by atoms with Gasteiger partial charge in [0.25, 0.3) is 0 Å². The number of nitrogens with zero attached hydrogens (tertiary/aromatic N) is 2. The molecule has 0 aliphatic carbocycles. The van der Waals surface area contributed by atoms with E-state index in [4.69, 9.17) is 5.73 Å². The van der Waals surface area contributed by atoms with Crippen LogP contribution >= 0.6 is 0 Å². The van der Waals surface area contributed by atoms with Gasteiger partial charge >= 0.3 is 0 Å². The third-order valence-corrected chi connectivity index (χ3v) is 2.33. The smallest absolute Gasteiger partial charge is 0.0234 e. The van der Waals surface area contributed by atoms with Gasteiger partial charge in [0.15, 0.2) is 0 Å². The molecule has 14 heavy (non-hydrogen) atoms. The lowest BCUT2D eigenvalue weighted by molar-refractivity contribution is 0.385. The van der Waals surface area contributed by atoms with E-state index >= 15 is 0 Å². The topological polar surface area (TPSA) is 34.2 Å². The van der Waals surface area contributed by atoms with Crippen molar-refractivity contribution in [3.63, 3.8) is 0 Å². The molecule has 0 amide bonds. The molecule has 3 heteroatoms. The molecule has 2 N–H and O–H groups in total. The van der Waals surface area contributed by atoms with Crippen molar-refractivity contribution in [2.45, 2.75) is 19.4 Å². The molecule has 0 fully saturated rings. The number of nitrogens with two attached hydrogens (primary N) is 1. The highest BCUT2D eigenvalue weighted by Crippen LogP contribution is 2.04. The van der Waals surface area contributed by atoms with E-state index in [-0.39, 0.29) is 0 Å². The van der Waals surface area contributed by atoms with Crippen LogP contribution in [0.3, 0.4) is 0 Å². The predicted molar refractivity (Wildman–Crippen MR) is 60.4 cm³/mol. The first kappa shape index (κ1) is 11.3. The minimum atomic E-state index is 0.734. The first-order valence-corrected chi connectivity index (χ1v) is 5.23. The van der Waals surface area contributed by atoms with E-state index in [2.05, 4.69) is 41.9 Å². The van der Waals surface area contributed by atoms with Crippen LogP contribution in [0.4, 0.5) is 0 Å². The zero-order chi connectivity index (χ0) is 10.4. The first-order valence-electron chi connectivity index (χ1n) is 5.23. The summed E-state index contributed by atoms with van der Waals surface area (Å²) in [7, 11) is 4.22. The van der Waals surface area contributed by atoms with Crippen molar-refractivity contribution in [3.05, 3.63) is 24.0 Å². The Kier molecular flexibility index (Phi) is 4.70. The highest BCUT2D eigenvalue weighted by atomic mass is 15.1. The Bertz CT molecular complexity index is 253. The minimum Gasteiger partial charge on any atom is -0.351 e. The molecule has 0 spiro atoms. The van der Waals surface area contributed by atoms with Gasteiger partial charge in [0.1, 0.15) is 0 Å². The summed E-state index contributed by atoms with van der Waals surface area (Å²) in [6.45, 7) is 2.97. The fourth-order valence-electron chi connectivity index (χ4n) is 1.60. The van der Waals surface area contributed by atoms with E-state index in [1.165, 1.54) is 12.1 Å². The Hall–Kier alpha value is -0.800. The SMILES string of the molecule is CN(C)CCCn1cccc1CCN. The molecule has 0 unspecified atom stereocenters. The van der Waals surface area contributed by atoms with Crippen LogP contribution in [0.25, 0.3) is 0 Å². The second kappa shape index (κ2) is 5.83. The van der Waals surface area contributed by atoms with Gasteiger partial charge < -0.3 is 15.2 Å². The molecule has 0 saturated heterocycles. The normalized spacial score (nSPS) is 11.1. The largest absolute Gasteiger partial charge is 0.351 e. The van der Waals surface area contributed by atoms with Gasteiger partial charge in [-0.2, -0.15) is 0 Å². The summed E-state index contributed by atoms with van der Waals surface area (Å²) < 4.78 is 2.30. The van der Waals surface area contributed by atoms with E-state index in [0.29, 0.717) is 0 Å². The summed E-state index contributed by atoms with van der Waals surface area (Å²) in [6, 6.07) is 4.25. The molecule has 1 heterocycles. The minimum absolute atomic E-state index is 0.734. The summed E-state index contributed by atoms with van der Waals surface area (Å²) >= 11 is 0. The standard InChI is InChI=1S/C11H21N3/c1-13(2)8-4-10-14-9-3-5-11(14)6-7-12/h3,5,9H,4,6-8,10,12H2,1-2H3. The maximum Gasteiger partial charge on any atom is 0.0234 e. The lowest BCUT2D eigenvalue weighted by Crippen LogP contribution is -2.16. The van der Waals surface area contributed by atoms with Crippen LogP contribution in [-0.4, -0.2) is 36.7 Å². The zero-order valence-electron chi connectivity index (χ0n) is 9.24. The molecule has 0 aliphatic heterocycles. The molecule has 80 valence electrons. The van der Waals surface area contributed by atoms with E-state index in [1.807, 2.05) is 0 Å². The predicted octanol–water partition coefficient (Wildman–Crippen LogP) is 0.941. The lowest BCUT2D eigenvalue weighted by atomic mass is 10.3. The van der Waals surface area contributed by atoms with Gasteiger partial charge in [-0.3, -0.25) is 0 Å². The van der Waals surface area contributed by atoms with Crippen LogP contribution in [0.1, 0.15) is 12.1 Å². The van der Waals surface area contributed by atoms with Crippen molar-refractivity contribution in [2.24, 2.45) is 5.73 Å². The average molecular weight is 195 g/mol. The number of aryl methyl sites for hydroxylation is 1. The van der Waals surface area contributed by atoms with Gasteiger partial charge in [-0.25, -0.2) is 0 Å². The number of hydrogen-bond acceptors (Lipinski definition) is 2. The monoisotopic (exact) mass is 195 g/mol. The molecule has 0 aromatic carbocycles. The fourth-order valence-corrected chi connectivity index (χ4v) is 1.60. The van der Waals surface area contributed by atoms with Crippen molar-refractivity contribution in [2.75, 3.05) is 27.2 Å². The summed E-state index contributed by atoms with van der Waals surface area (Å²) in [4.78, 5) is 2.21. The number of aromatic nitrogens is 1. The second-order valence-electron chi connectivity index (χ2n) is 3.89. The average Bonchev–Trinajstić information content (AvgIpc) is 2.53. The number of rotatable bonds is 6. The van der Waals surface area contributed by atoms with Gasteiger partial charge in [-0.15, -0.1) is 0 Å². The van der Waals surface area contributed by atoms with E-state index in [0.717, 1.165) is 26.1 Å². The van der Waals surface area contributed by atoms with Crippen molar-refractivity contribution < 1.29 is 0 Å². The fraction of sp³-hybridized carbons (Fsp3) is 0.636. The maximum atomic E-state index is 5.54. The van der Waals surface area contributed by atoms with Gasteiger partial charge in [0.2, 0.25) is 0 Å². The summed E-state index contributed by atoms with van der Waals surface area (Å²) in [5.41, 5.74) is 6.90. The van der Waals surface area contributed by atoms with Gasteiger partial charge in [0, 0.05) is 18.4 Å². The molecule has 1 aromatic rings. The van der Waals surface area contributed by atoms with Crippen LogP contribution in [0.2, 0.25) is 0 Å². The molecular weight excluding hydrogens is 174 g/mol. The van der Waals surface area contributed by atoms with E-state index in [1.54, 1.807) is 0 Å². The van der Waals surface area contributed by atoms with Crippen LogP contribution in [0.5, 0.6) is 0 Å². The van der Waals surface area contributed by atoms with Crippen LogP contribution in [0, 0.1) is 0 Å². The van der Waals surface area contributed by atoms with Crippen molar-refractivity contribution in [1.82, 2.24) is 9.47 Å². The maximum absolute atomic E-state index is 5.54. The van der Waals surface area contributed by atoms with E-state index in [9.17, 15) is 0 Å². The zero-order valence-corrected chi connectivity index (χ0v) is 9.24. The third kappa shape index (κ3) is 3.52. The molecule has 0 aliphatic rings. The molecule has 0 radical (unpaired) electrons. The van der Waals surface area contributed by atoms with E-state index < -0.39 is 0 Å². The Balaban J connectivity index is 2.37. The van der Waals surface area contributed by atoms with Gasteiger partial charge in [0.05, 0.1) is 0 Å². The molecule has 0 bridgehead atoms. The van der Waals surface area contributed by atoms with Crippen LogP contribution in [0.15, 0.2) is 18.3 Å². The van der Waals surface area contributed by atoms with Gasteiger partial charge in [-0.05, 0) is 52.2 Å². The highest BCUT2D eigenvalue weighted by molar-refractivity contribution is 5.07. The summed E-state index contributed by atoms with van der Waals surface area (Å²) in [6.07, 6.45) is 4.31. The van der Waals surface area contributed by atoms with Crippen LogP contribution < -0.4 is 5.73 Å². The highest BCUT2D eigenvalue weighted by Gasteiger charge is 1.99. The first-order chi connectivity index (χ1) is 6.74. The Morgan fingerprint density at radius 1 is 1.43 bits per heavy atom. The summed E-state index contributed by atoms with van der Waals surface area (Å²) in [5.74, 6) is 0. The Labute approximate surface area is 86.5 Å². The van der Waals surface area contributed by atoms with Crippen molar-refractivity contribution >= 4 is 0 Å². The van der Waals surface area contributed by atoms with Gasteiger partial charge in [-0.1, -0.05) is 0 Å². The summed E-state index contributed by atoms with van der Waals surface area (Å²) in [5, 5.41) is 0. The molecule has 1 rings (SSSR count). The molecule has 1 aromatic heterocycles. The lowest BCUT2D eigenvalue weighted by Gasteiger charge is -2.11. The van der Waals surface area contributed by atoms with Crippen molar-refractivity contribution in [3.8, 4) is 0 Å². The molecular formula is C11H21N3. The third-order valence-electron chi connectivity index (χ3n) is 2.33. The van der Waals surface area contributed by atoms with Crippen molar-refractivity contribution in [1.29, 1.82) is 0 Å². The molecule has 0 saturated carbocycles. The Morgan fingerprint density at radius 3 is 2.86 bits per heavy atom. The van der Waals surface area contributed by atoms with Crippen LogP contribution in [-0.2, 0) is 13.0 Å². The quantitative estimate of drug-likeness (QED) is 0.733. The second-order valence-corrected chi connectivity index (χ2v) is 3.89. The molecule has 3 nitrogen and oxygen atoms in total.